The number of piperidine rings is 1. The molecule has 0 spiro atoms. The first-order chi connectivity index (χ1) is 18.4. The van der Waals surface area contributed by atoms with Crippen LogP contribution in [0.25, 0.3) is 0 Å². The molecule has 2 N–H and O–H groups in total. The van der Waals surface area contributed by atoms with Crippen molar-refractivity contribution in [2.75, 3.05) is 20.2 Å². The molecule has 0 unspecified atom stereocenters. The van der Waals surface area contributed by atoms with E-state index in [1.165, 1.54) is 12.1 Å². The lowest BCUT2D eigenvalue weighted by Crippen LogP contribution is -2.50. The maximum atomic E-state index is 14.2. The number of rotatable bonds is 6. The summed E-state index contributed by atoms with van der Waals surface area (Å²) in [5.74, 6) is -1.23. The molecule has 0 aromatic heterocycles. The minimum atomic E-state index is -0.664. The van der Waals surface area contributed by atoms with Crippen LogP contribution in [0.2, 0.25) is 0 Å². The van der Waals surface area contributed by atoms with Gasteiger partial charge in [0.1, 0.15) is 11.6 Å². The van der Waals surface area contributed by atoms with Gasteiger partial charge < -0.3 is 20.3 Å². The van der Waals surface area contributed by atoms with E-state index in [2.05, 4.69) is 0 Å². The second-order valence-electron chi connectivity index (χ2n) is 9.84. The van der Waals surface area contributed by atoms with Crippen LogP contribution < -0.4 is 10.5 Å². The van der Waals surface area contributed by atoms with E-state index in [1.807, 2.05) is 36.4 Å². The number of halogens is 1. The molecule has 2 heterocycles. The largest absolute Gasteiger partial charge is 0.497 e. The molecule has 1 fully saturated rings. The molecule has 1 saturated heterocycles. The molecule has 5 rings (SSSR count). The Balaban J connectivity index is 1.59. The first-order valence-corrected chi connectivity index (χ1v) is 12.7. The lowest BCUT2D eigenvalue weighted by molar-refractivity contribution is -0.138. The number of ether oxygens (including phenoxy) is 1. The molecular weight excluding hydrogens is 485 g/mol. The highest BCUT2D eigenvalue weighted by atomic mass is 19.1. The van der Waals surface area contributed by atoms with Crippen LogP contribution in [0.15, 0.2) is 72.8 Å². The number of carbonyl (C=O) groups excluding carboxylic acids is 3. The van der Waals surface area contributed by atoms with Gasteiger partial charge in [-0.25, -0.2) is 4.39 Å². The number of amides is 3. The number of nitrogens with zero attached hydrogens (tertiary/aromatic N) is 2. The highest BCUT2D eigenvalue weighted by Gasteiger charge is 2.46. The number of hydrogen-bond donors (Lipinski definition) is 1. The van der Waals surface area contributed by atoms with Gasteiger partial charge in [-0.2, -0.15) is 0 Å². The van der Waals surface area contributed by atoms with Crippen LogP contribution in [0.4, 0.5) is 4.39 Å². The van der Waals surface area contributed by atoms with E-state index in [4.69, 9.17) is 10.5 Å². The van der Waals surface area contributed by atoms with E-state index in [-0.39, 0.29) is 36.0 Å². The summed E-state index contributed by atoms with van der Waals surface area (Å²) in [7, 11) is 1.58. The summed E-state index contributed by atoms with van der Waals surface area (Å²) in [6.45, 7) is 1.05. The second kappa shape index (κ2) is 10.7. The van der Waals surface area contributed by atoms with Gasteiger partial charge >= 0.3 is 0 Å². The van der Waals surface area contributed by atoms with Crippen LogP contribution in [0, 0.1) is 11.7 Å². The van der Waals surface area contributed by atoms with Crippen LogP contribution in [-0.4, -0.2) is 47.7 Å². The first-order valence-electron chi connectivity index (χ1n) is 12.7. The molecule has 2 aliphatic rings. The van der Waals surface area contributed by atoms with E-state index in [0.29, 0.717) is 42.8 Å². The smallest absolute Gasteiger partial charge is 0.255 e. The molecule has 0 radical (unpaired) electrons. The molecular formula is C30H30FN3O4. The standard InChI is InChI=1S/C30H30FN3O4/c1-38-23-12-8-20(9-13-23)27-26(30(37)33-16-14-21(15-17-33)28(32)35)24-4-2-3-5-25(24)29(36)34(27)18-19-6-10-22(31)11-7-19/h2-13,21,26-27H,14-18H2,1H3,(H2,32,35)/t26-,27-/m1/s1. The Bertz CT molecular complexity index is 1330. The minimum Gasteiger partial charge on any atom is -0.497 e. The predicted octanol–water partition coefficient (Wildman–Crippen LogP) is 4.04. The predicted molar refractivity (Wildman–Crippen MR) is 140 cm³/mol. The summed E-state index contributed by atoms with van der Waals surface area (Å²) in [6, 6.07) is 20.0. The Morgan fingerprint density at radius 2 is 1.63 bits per heavy atom. The lowest BCUT2D eigenvalue weighted by atomic mass is 9.78. The summed E-state index contributed by atoms with van der Waals surface area (Å²) in [5.41, 5.74) is 8.21. The van der Waals surface area contributed by atoms with Gasteiger partial charge in [-0.3, -0.25) is 14.4 Å². The zero-order valence-electron chi connectivity index (χ0n) is 21.2. The van der Waals surface area contributed by atoms with E-state index < -0.39 is 12.0 Å². The fraction of sp³-hybridized carbons (Fsp3) is 0.300. The van der Waals surface area contributed by atoms with E-state index in [1.54, 1.807) is 41.2 Å². The van der Waals surface area contributed by atoms with Crippen molar-refractivity contribution in [2.24, 2.45) is 11.7 Å². The van der Waals surface area contributed by atoms with Crippen molar-refractivity contribution in [3.05, 3.63) is 101 Å². The third kappa shape index (κ3) is 4.86. The fourth-order valence-electron chi connectivity index (χ4n) is 5.57. The molecule has 0 bridgehead atoms. The van der Waals surface area contributed by atoms with Crippen LogP contribution in [0.3, 0.4) is 0 Å². The number of hydrogen-bond acceptors (Lipinski definition) is 4. The number of fused-ring (bicyclic) bond motifs is 1. The van der Waals surface area contributed by atoms with E-state index >= 15 is 0 Å². The monoisotopic (exact) mass is 515 g/mol. The van der Waals surface area contributed by atoms with Gasteiger partial charge in [0.2, 0.25) is 11.8 Å². The van der Waals surface area contributed by atoms with Gasteiger partial charge in [-0.05, 0) is 59.9 Å². The van der Waals surface area contributed by atoms with Crippen molar-refractivity contribution in [1.29, 1.82) is 0 Å². The van der Waals surface area contributed by atoms with Gasteiger partial charge in [0, 0.05) is 31.1 Å². The Labute approximate surface area is 221 Å². The molecule has 0 aliphatic carbocycles. The van der Waals surface area contributed by atoms with Gasteiger partial charge in [-0.1, -0.05) is 42.5 Å². The quantitative estimate of drug-likeness (QED) is 0.536. The molecule has 0 saturated carbocycles. The molecule has 2 aliphatic heterocycles. The molecule has 3 aromatic carbocycles. The van der Waals surface area contributed by atoms with Crippen molar-refractivity contribution in [2.45, 2.75) is 31.3 Å². The fourth-order valence-corrected chi connectivity index (χ4v) is 5.57. The first kappa shape index (κ1) is 25.4. The van der Waals surface area contributed by atoms with Crippen LogP contribution in [0.1, 0.15) is 51.8 Å². The summed E-state index contributed by atoms with van der Waals surface area (Å²) >= 11 is 0. The van der Waals surface area contributed by atoms with Crippen molar-refractivity contribution in [3.63, 3.8) is 0 Å². The number of likely N-dealkylation sites (tertiary alicyclic amines) is 1. The normalized spacial score (nSPS) is 19.7. The van der Waals surface area contributed by atoms with E-state index in [9.17, 15) is 18.8 Å². The minimum absolute atomic E-state index is 0.0993. The number of carbonyl (C=O) groups is 3. The summed E-state index contributed by atoms with van der Waals surface area (Å²) in [4.78, 5) is 43.3. The van der Waals surface area contributed by atoms with Crippen LogP contribution >= 0.6 is 0 Å². The van der Waals surface area contributed by atoms with Gasteiger partial charge in [0.25, 0.3) is 5.91 Å². The molecule has 3 aromatic rings. The Morgan fingerprint density at radius 1 is 0.974 bits per heavy atom. The SMILES string of the molecule is COc1ccc([C@@H]2[C@H](C(=O)N3CCC(C(N)=O)CC3)c3ccccc3C(=O)N2Cc2ccc(F)cc2)cc1. The van der Waals surface area contributed by atoms with Crippen LogP contribution in [0.5, 0.6) is 5.75 Å². The van der Waals surface area contributed by atoms with Crippen LogP contribution in [-0.2, 0) is 16.1 Å². The lowest BCUT2D eigenvalue weighted by Gasteiger charge is -2.44. The zero-order chi connectivity index (χ0) is 26.8. The number of nitrogens with two attached hydrogens (primary N) is 1. The second-order valence-corrected chi connectivity index (χ2v) is 9.84. The Kier molecular flexibility index (Phi) is 7.13. The molecule has 7 nitrogen and oxygen atoms in total. The number of benzene rings is 3. The van der Waals surface area contributed by atoms with Gasteiger partial charge in [-0.15, -0.1) is 0 Å². The third-order valence-electron chi connectivity index (χ3n) is 7.64. The van der Waals surface area contributed by atoms with Crippen molar-refractivity contribution in [3.8, 4) is 5.75 Å². The number of primary amides is 1. The maximum Gasteiger partial charge on any atom is 0.255 e. The Hall–Kier alpha value is -4.20. The molecule has 3 amide bonds. The van der Waals surface area contributed by atoms with Crippen molar-refractivity contribution >= 4 is 17.7 Å². The summed E-state index contributed by atoms with van der Waals surface area (Å²) < 4.78 is 19.0. The molecule has 8 heteroatoms. The van der Waals surface area contributed by atoms with E-state index in [0.717, 1.165) is 11.1 Å². The average Bonchev–Trinajstić information content (AvgIpc) is 2.95. The van der Waals surface area contributed by atoms with Crippen molar-refractivity contribution in [1.82, 2.24) is 9.80 Å². The maximum absolute atomic E-state index is 14.2. The average molecular weight is 516 g/mol. The summed E-state index contributed by atoms with van der Waals surface area (Å²) in [5, 5.41) is 0. The Morgan fingerprint density at radius 3 is 2.26 bits per heavy atom. The van der Waals surface area contributed by atoms with Crippen molar-refractivity contribution < 1.29 is 23.5 Å². The zero-order valence-corrected chi connectivity index (χ0v) is 21.2. The molecule has 196 valence electrons. The van der Waals surface area contributed by atoms with Gasteiger partial charge in [0.05, 0.1) is 19.1 Å². The summed E-state index contributed by atoms with van der Waals surface area (Å²) in [6.07, 6.45) is 1.03. The molecule has 2 atom stereocenters. The third-order valence-corrected chi connectivity index (χ3v) is 7.64. The number of methoxy groups -OCH3 is 1. The molecule has 38 heavy (non-hydrogen) atoms. The van der Waals surface area contributed by atoms with Gasteiger partial charge in [0.15, 0.2) is 0 Å². The highest BCUT2D eigenvalue weighted by Crippen LogP contribution is 2.45. The topological polar surface area (TPSA) is 92.9 Å². The highest BCUT2D eigenvalue weighted by molar-refractivity contribution is 6.01.